The Morgan fingerprint density at radius 3 is 2.48 bits per heavy atom. The second-order valence-electron chi connectivity index (χ2n) is 7.50. The van der Waals surface area contributed by atoms with Crippen molar-refractivity contribution in [2.75, 3.05) is 0 Å². The van der Waals surface area contributed by atoms with E-state index in [0.717, 1.165) is 29.9 Å². The number of amides is 2. The topological polar surface area (TPSA) is 107 Å². The minimum Gasteiger partial charge on any atom is -0.364 e. The molecule has 0 aliphatic carbocycles. The summed E-state index contributed by atoms with van der Waals surface area (Å²) in [4.78, 5) is 39.8. The Morgan fingerprint density at radius 1 is 1.03 bits per heavy atom. The highest BCUT2D eigenvalue weighted by Gasteiger charge is 2.42. The van der Waals surface area contributed by atoms with Crippen molar-refractivity contribution < 1.29 is 9.59 Å². The van der Waals surface area contributed by atoms with Crippen LogP contribution < -0.4 is 5.73 Å². The minimum absolute atomic E-state index is 0.00706. The molecule has 0 radical (unpaired) electrons. The summed E-state index contributed by atoms with van der Waals surface area (Å²) in [5, 5.41) is 0. The van der Waals surface area contributed by atoms with Gasteiger partial charge >= 0.3 is 0 Å². The first-order valence-electron chi connectivity index (χ1n) is 9.65. The monoisotopic (exact) mass is 388 g/mol. The molecule has 5 rings (SSSR count). The number of benzene rings is 1. The first kappa shape index (κ1) is 17.5. The molecular formula is C21H20N6O2. The number of carbonyl (C=O) groups is 2. The third-order valence-electron chi connectivity index (χ3n) is 5.82. The van der Waals surface area contributed by atoms with Gasteiger partial charge in [-0.3, -0.25) is 9.59 Å². The number of fused-ring (bicyclic) bond motifs is 3. The third-order valence-corrected chi connectivity index (χ3v) is 5.82. The van der Waals surface area contributed by atoms with Gasteiger partial charge < -0.3 is 15.2 Å². The summed E-state index contributed by atoms with van der Waals surface area (Å²) in [6.07, 6.45) is 6.85. The normalized spacial score (nSPS) is 20.2. The summed E-state index contributed by atoms with van der Waals surface area (Å²) >= 11 is 0. The van der Waals surface area contributed by atoms with E-state index >= 15 is 0 Å². The zero-order valence-electron chi connectivity index (χ0n) is 15.7. The third kappa shape index (κ3) is 2.88. The van der Waals surface area contributed by atoms with E-state index in [1.807, 2.05) is 35.2 Å². The highest BCUT2D eigenvalue weighted by molar-refractivity contribution is 5.95. The quantitative estimate of drug-likeness (QED) is 0.734. The van der Waals surface area contributed by atoms with Crippen LogP contribution >= 0.6 is 0 Å². The number of hydrogen-bond donors (Lipinski definition) is 1. The summed E-state index contributed by atoms with van der Waals surface area (Å²) in [7, 11) is 0. The van der Waals surface area contributed by atoms with Crippen molar-refractivity contribution in [3.8, 4) is 11.4 Å². The molecule has 2 amide bonds. The summed E-state index contributed by atoms with van der Waals surface area (Å²) < 4.78 is 2.07. The summed E-state index contributed by atoms with van der Waals surface area (Å²) in [6, 6.07) is 9.76. The predicted octanol–water partition coefficient (Wildman–Crippen LogP) is 1.67. The fraction of sp³-hybridized carbons (Fsp3) is 0.286. The largest absolute Gasteiger partial charge is 0.364 e. The van der Waals surface area contributed by atoms with E-state index in [4.69, 9.17) is 5.73 Å². The summed E-state index contributed by atoms with van der Waals surface area (Å²) in [5.41, 5.74) is 8.16. The molecule has 0 unspecified atom stereocenters. The Balaban J connectivity index is 1.58. The van der Waals surface area contributed by atoms with Gasteiger partial charge in [0.15, 0.2) is 0 Å². The van der Waals surface area contributed by atoms with Crippen LogP contribution in [0.5, 0.6) is 0 Å². The van der Waals surface area contributed by atoms with Crippen LogP contribution in [0.2, 0.25) is 0 Å². The maximum atomic E-state index is 13.2. The molecule has 1 saturated heterocycles. The van der Waals surface area contributed by atoms with Crippen LogP contribution in [0.4, 0.5) is 0 Å². The SMILES string of the molecule is NC(=O)c1nc(-c2ccccc2)n2c1C[C@@H]1CC[C@H](C2)N1C(=O)c1cncnc1. The molecule has 1 aromatic carbocycles. The van der Waals surface area contributed by atoms with Crippen molar-refractivity contribution in [2.24, 2.45) is 5.73 Å². The molecule has 3 aromatic rings. The number of nitrogens with zero attached hydrogens (tertiary/aromatic N) is 5. The molecular weight excluding hydrogens is 368 g/mol. The second-order valence-corrected chi connectivity index (χ2v) is 7.50. The molecule has 8 heteroatoms. The van der Waals surface area contributed by atoms with Crippen molar-refractivity contribution in [3.63, 3.8) is 0 Å². The van der Waals surface area contributed by atoms with Crippen LogP contribution in [0, 0.1) is 0 Å². The molecule has 2 atom stereocenters. The lowest BCUT2D eigenvalue weighted by atomic mass is 10.1. The van der Waals surface area contributed by atoms with E-state index in [-0.39, 0.29) is 18.0 Å². The van der Waals surface area contributed by atoms with Crippen molar-refractivity contribution in [2.45, 2.75) is 37.9 Å². The molecule has 2 aliphatic rings. The average Bonchev–Trinajstić information content (AvgIpc) is 3.25. The van der Waals surface area contributed by atoms with E-state index < -0.39 is 5.91 Å². The van der Waals surface area contributed by atoms with Gasteiger partial charge in [-0.15, -0.1) is 0 Å². The lowest BCUT2D eigenvalue weighted by molar-refractivity contribution is 0.0665. The number of rotatable bonds is 3. The first-order valence-corrected chi connectivity index (χ1v) is 9.65. The number of aromatic nitrogens is 4. The Morgan fingerprint density at radius 2 is 1.76 bits per heavy atom. The molecule has 1 fully saturated rings. The van der Waals surface area contributed by atoms with Crippen LogP contribution in [0.25, 0.3) is 11.4 Å². The fourth-order valence-electron chi connectivity index (χ4n) is 4.56. The van der Waals surface area contributed by atoms with Crippen molar-refractivity contribution in [3.05, 3.63) is 66.0 Å². The lowest BCUT2D eigenvalue weighted by Gasteiger charge is -2.28. The summed E-state index contributed by atoms with van der Waals surface area (Å²) in [6.45, 7) is 0.579. The van der Waals surface area contributed by atoms with Gasteiger partial charge in [0.2, 0.25) is 0 Å². The number of nitrogens with two attached hydrogens (primary N) is 1. The van der Waals surface area contributed by atoms with Crippen molar-refractivity contribution in [1.29, 1.82) is 0 Å². The van der Waals surface area contributed by atoms with Gasteiger partial charge in [-0.05, 0) is 12.8 Å². The molecule has 29 heavy (non-hydrogen) atoms. The van der Waals surface area contributed by atoms with E-state index in [2.05, 4.69) is 19.5 Å². The average molecular weight is 388 g/mol. The molecule has 2 N–H and O–H groups in total. The van der Waals surface area contributed by atoms with Crippen LogP contribution in [-0.4, -0.2) is 48.3 Å². The van der Waals surface area contributed by atoms with Crippen molar-refractivity contribution in [1.82, 2.24) is 24.4 Å². The summed E-state index contributed by atoms with van der Waals surface area (Å²) in [5.74, 6) is 0.110. The Hall–Kier alpha value is -3.55. The van der Waals surface area contributed by atoms with Gasteiger partial charge in [-0.2, -0.15) is 0 Å². The number of hydrogen-bond acceptors (Lipinski definition) is 5. The van der Waals surface area contributed by atoms with E-state index in [1.54, 1.807) is 12.4 Å². The number of primary amides is 1. The highest BCUT2D eigenvalue weighted by Crippen LogP contribution is 2.36. The number of imidazole rings is 1. The first-order chi connectivity index (χ1) is 14.1. The molecule has 0 saturated carbocycles. The lowest BCUT2D eigenvalue weighted by Crippen LogP contribution is -2.42. The van der Waals surface area contributed by atoms with Gasteiger partial charge in [0, 0.05) is 37.0 Å². The Labute approximate surface area is 167 Å². The minimum atomic E-state index is -0.539. The van der Waals surface area contributed by atoms with Gasteiger partial charge in [0.05, 0.1) is 17.3 Å². The smallest absolute Gasteiger partial charge is 0.269 e. The standard InChI is InChI=1S/C21H20N6O2/c22-19(28)18-17-8-15-6-7-16(27(15)21(29)14-9-23-12-24-10-14)11-26(17)20(25-18)13-4-2-1-3-5-13/h1-5,9-10,12,15-16H,6-8,11H2,(H2,22,28)/t15-,16+/m0/s1. The maximum absolute atomic E-state index is 13.2. The van der Waals surface area contributed by atoms with Crippen LogP contribution in [0.3, 0.4) is 0 Å². The highest BCUT2D eigenvalue weighted by atomic mass is 16.2. The molecule has 8 nitrogen and oxygen atoms in total. The van der Waals surface area contributed by atoms with Crippen molar-refractivity contribution >= 4 is 11.8 Å². The molecule has 146 valence electrons. The molecule has 0 spiro atoms. The molecule has 2 aliphatic heterocycles. The van der Waals surface area contributed by atoms with E-state index in [9.17, 15) is 9.59 Å². The predicted molar refractivity (Wildman–Crippen MR) is 105 cm³/mol. The Kier molecular flexibility index (Phi) is 4.12. The van der Waals surface area contributed by atoms with Crippen LogP contribution in [-0.2, 0) is 13.0 Å². The fourth-order valence-corrected chi connectivity index (χ4v) is 4.56. The van der Waals surface area contributed by atoms with E-state index in [1.165, 1.54) is 6.33 Å². The van der Waals surface area contributed by atoms with Crippen LogP contribution in [0.15, 0.2) is 49.1 Å². The zero-order chi connectivity index (χ0) is 20.0. The second kappa shape index (κ2) is 6.80. The molecule has 4 heterocycles. The van der Waals surface area contributed by atoms with Gasteiger partial charge in [0.25, 0.3) is 11.8 Å². The van der Waals surface area contributed by atoms with Gasteiger partial charge in [-0.25, -0.2) is 15.0 Å². The Bertz CT molecular complexity index is 1080. The van der Waals surface area contributed by atoms with E-state index in [0.29, 0.717) is 24.2 Å². The maximum Gasteiger partial charge on any atom is 0.269 e. The van der Waals surface area contributed by atoms with Gasteiger partial charge in [-0.1, -0.05) is 30.3 Å². The molecule has 2 aromatic heterocycles. The number of carbonyl (C=O) groups excluding carboxylic acids is 2. The van der Waals surface area contributed by atoms with Crippen LogP contribution in [0.1, 0.15) is 39.4 Å². The zero-order valence-corrected chi connectivity index (χ0v) is 15.7. The van der Waals surface area contributed by atoms with Gasteiger partial charge in [0.1, 0.15) is 17.8 Å². The molecule has 2 bridgehead atoms.